The summed E-state index contributed by atoms with van der Waals surface area (Å²) in [6.45, 7) is 3.33. The predicted molar refractivity (Wildman–Crippen MR) is 103 cm³/mol. The molecule has 1 fully saturated rings. The number of pyridine rings is 1. The summed E-state index contributed by atoms with van der Waals surface area (Å²) < 4.78 is 5.14. The fraction of sp³-hybridized carbons (Fsp3) is 0.350. The number of benzene rings is 1. The first-order valence-corrected chi connectivity index (χ1v) is 9.19. The predicted octanol–water partition coefficient (Wildman–Crippen LogP) is 2.66. The summed E-state index contributed by atoms with van der Waals surface area (Å²) in [5, 5.41) is 6.45. The van der Waals surface area contributed by atoms with Crippen LogP contribution in [0.5, 0.6) is 0 Å². The van der Waals surface area contributed by atoms with Crippen LogP contribution < -0.4 is 15.5 Å². The Bertz CT molecular complexity index is 875. The molecule has 7 nitrogen and oxygen atoms in total. The van der Waals surface area contributed by atoms with Gasteiger partial charge in [-0.15, -0.1) is 0 Å². The van der Waals surface area contributed by atoms with Crippen LogP contribution in [0.2, 0.25) is 0 Å². The second kappa shape index (κ2) is 6.90. The number of carbonyl (C=O) groups is 2. The maximum absolute atomic E-state index is 12.8. The molecule has 0 bridgehead atoms. The van der Waals surface area contributed by atoms with Crippen molar-refractivity contribution >= 4 is 29.1 Å². The molecule has 27 heavy (non-hydrogen) atoms. The number of nitrogens with one attached hydrogen (secondary N) is 2. The van der Waals surface area contributed by atoms with Crippen molar-refractivity contribution in [1.82, 2.24) is 4.98 Å². The first-order valence-electron chi connectivity index (χ1n) is 9.19. The zero-order valence-electron chi connectivity index (χ0n) is 15.2. The van der Waals surface area contributed by atoms with E-state index in [1.807, 2.05) is 29.2 Å². The van der Waals surface area contributed by atoms with Gasteiger partial charge in [0.2, 0.25) is 5.91 Å². The van der Waals surface area contributed by atoms with Gasteiger partial charge in [0, 0.05) is 19.3 Å². The third-order valence-corrected chi connectivity index (χ3v) is 5.18. The fourth-order valence-corrected chi connectivity index (χ4v) is 3.73. The maximum atomic E-state index is 12.8. The molecule has 1 aromatic carbocycles. The number of nitrogens with zero attached hydrogens (tertiary/aromatic N) is 2. The molecule has 2 aromatic rings. The number of fused-ring (bicyclic) bond motifs is 1. The Kier molecular flexibility index (Phi) is 4.43. The van der Waals surface area contributed by atoms with Crippen LogP contribution in [-0.4, -0.2) is 42.1 Å². The Balaban J connectivity index is 1.53. The van der Waals surface area contributed by atoms with Crippen LogP contribution in [0.4, 0.5) is 17.2 Å². The first-order chi connectivity index (χ1) is 13.1. The molecule has 1 spiro atoms. The van der Waals surface area contributed by atoms with Crippen LogP contribution in [-0.2, 0) is 9.53 Å². The standard InChI is InChI=1S/C20H22N4O3/c1-2-27-18(25)14-6-5-11-21-17(14)24-12-9-20(10-13-24)19(26)22-15-7-3-4-8-16(15)23-20/h3-8,11,23H,2,9-10,12-13H2,1H3,(H,22,26). The zero-order valence-corrected chi connectivity index (χ0v) is 15.2. The number of piperidine rings is 1. The van der Waals surface area contributed by atoms with Gasteiger partial charge in [0.05, 0.1) is 18.0 Å². The SMILES string of the molecule is CCOC(=O)c1cccnc1N1CCC2(CC1)Nc1ccccc1NC2=O. The van der Waals surface area contributed by atoms with Crippen LogP contribution in [0.1, 0.15) is 30.1 Å². The Morgan fingerprint density at radius 2 is 1.93 bits per heavy atom. The molecule has 140 valence electrons. The highest BCUT2D eigenvalue weighted by atomic mass is 16.5. The average Bonchev–Trinajstić information content (AvgIpc) is 2.70. The van der Waals surface area contributed by atoms with Gasteiger partial charge in [0.1, 0.15) is 16.9 Å². The molecule has 2 aliphatic heterocycles. The van der Waals surface area contributed by atoms with E-state index >= 15 is 0 Å². The van der Waals surface area contributed by atoms with Crippen molar-refractivity contribution in [2.24, 2.45) is 0 Å². The summed E-state index contributed by atoms with van der Waals surface area (Å²) in [5.74, 6) is 0.234. The average molecular weight is 366 g/mol. The molecular weight excluding hydrogens is 344 g/mol. The highest BCUT2D eigenvalue weighted by Crippen LogP contribution is 2.37. The molecule has 0 radical (unpaired) electrons. The molecule has 7 heteroatoms. The van der Waals surface area contributed by atoms with E-state index in [2.05, 4.69) is 15.6 Å². The third kappa shape index (κ3) is 3.09. The number of amides is 1. The Morgan fingerprint density at radius 1 is 1.19 bits per heavy atom. The van der Waals surface area contributed by atoms with E-state index in [-0.39, 0.29) is 11.9 Å². The number of carbonyl (C=O) groups excluding carboxylic acids is 2. The number of ether oxygens (including phenoxy) is 1. The van der Waals surface area contributed by atoms with Gasteiger partial charge in [-0.1, -0.05) is 12.1 Å². The lowest BCUT2D eigenvalue weighted by Gasteiger charge is -2.44. The van der Waals surface area contributed by atoms with Gasteiger partial charge >= 0.3 is 5.97 Å². The molecule has 1 saturated heterocycles. The minimum Gasteiger partial charge on any atom is -0.462 e. The van der Waals surface area contributed by atoms with Gasteiger partial charge in [0.25, 0.3) is 0 Å². The van der Waals surface area contributed by atoms with E-state index in [1.54, 1.807) is 25.3 Å². The topological polar surface area (TPSA) is 83.6 Å². The van der Waals surface area contributed by atoms with Crippen LogP contribution in [0.3, 0.4) is 0 Å². The van der Waals surface area contributed by atoms with Crippen LogP contribution in [0.15, 0.2) is 42.6 Å². The second-order valence-electron chi connectivity index (χ2n) is 6.79. The highest BCUT2D eigenvalue weighted by Gasteiger charge is 2.44. The summed E-state index contributed by atoms with van der Waals surface area (Å²) >= 11 is 0. The summed E-state index contributed by atoms with van der Waals surface area (Å²) in [4.78, 5) is 31.4. The Hall–Kier alpha value is -3.09. The Labute approximate surface area is 157 Å². The van der Waals surface area contributed by atoms with Crippen LogP contribution in [0.25, 0.3) is 0 Å². The normalized spacial score (nSPS) is 17.7. The number of hydrogen-bond acceptors (Lipinski definition) is 6. The second-order valence-corrected chi connectivity index (χ2v) is 6.79. The number of para-hydroxylation sites is 2. The van der Waals surface area contributed by atoms with E-state index in [9.17, 15) is 9.59 Å². The van der Waals surface area contributed by atoms with Crippen LogP contribution >= 0.6 is 0 Å². The monoisotopic (exact) mass is 366 g/mol. The molecule has 4 rings (SSSR count). The molecule has 2 N–H and O–H groups in total. The molecule has 1 aromatic heterocycles. The molecular formula is C20H22N4O3. The Morgan fingerprint density at radius 3 is 2.67 bits per heavy atom. The maximum Gasteiger partial charge on any atom is 0.341 e. The molecule has 3 heterocycles. The van der Waals surface area contributed by atoms with Gasteiger partial charge in [-0.2, -0.15) is 0 Å². The van der Waals surface area contributed by atoms with Crippen molar-refractivity contribution in [1.29, 1.82) is 0 Å². The summed E-state index contributed by atoms with van der Waals surface area (Å²) in [5.41, 5.74) is 1.58. The molecule has 2 aliphatic rings. The summed E-state index contributed by atoms with van der Waals surface area (Å²) in [6.07, 6.45) is 2.91. The third-order valence-electron chi connectivity index (χ3n) is 5.18. The zero-order chi connectivity index (χ0) is 18.9. The van der Waals surface area contributed by atoms with Crippen molar-refractivity contribution in [2.75, 3.05) is 35.2 Å². The van der Waals surface area contributed by atoms with Gasteiger partial charge in [-0.25, -0.2) is 9.78 Å². The smallest absolute Gasteiger partial charge is 0.341 e. The first kappa shape index (κ1) is 17.3. The van der Waals surface area contributed by atoms with E-state index in [0.717, 1.165) is 11.4 Å². The minimum atomic E-state index is -0.635. The molecule has 0 aliphatic carbocycles. The number of hydrogen-bond donors (Lipinski definition) is 2. The lowest BCUT2D eigenvalue weighted by atomic mass is 9.84. The van der Waals surface area contributed by atoms with Gasteiger partial charge < -0.3 is 20.3 Å². The number of rotatable bonds is 3. The highest BCUT2D eigenvalue weighted by molar-refractivity contribution is 6.06. The number of anilines is 3. The largest absolute Gasteiger partial charge is 0.462 e. The van der Waals surface area contributed by atoms with Crippen molar-refractivity contribution in [2.45, 2.75) is 25.3 Å². The fourth-order valence-electron chi connectivity index (χ4n) is 3.73. The van der Waals surface area contributed by atoms with Crippen molar-refractivity contribution < 1.29 is 14.3 Å². The number of aromatic nitrogens is 1. The van der Waals surface area contributed by atoms with Gasteiger partial charge in [-0.3, -0.25) is 4.79 Å². The van der Waals surface area contributed by atoms with Crippen LogP contribution in [0, 0.1) is 0 Å². The van der Waals surface area contributed by atoms with E-state index in [4.69, 9.17) is 4.74 Å². The molecule has 1 amide bonds. The van der Waals surface area contributed by atoms with Crippen molar-refractivity contribution in [3.05, 3.63) is 48.2 Å². The van der Waals surface area contributed by atoms with E-state index in [1.165, 1.54) is 0 Å². The van der Waals surface area contributed by atoms with Crippen molar-refractivity contribution in [3.63, 3.8) is 0 Å². The van der Waals surface area contributed by atoms with E-state index in [0.29, 0.717) is 43.9 Å². The van der Waals surface area contributed by atoms with Gasteiger partial charge in [0.15, 0.2) is 0 Å². The lowest BCUT2D eigenvalue weighted by Crippen LogP contribution is -2.58. The molecule has 0 unspecified atom stereocenters. The van der Waals surface area contributed by atoms with E-state index < -0.39 is 5.54 Å². The summed E-state index contributed by atoms with van der Waals surface area (Å²) in [7, 11) is 0. The minimum absolute atomic E-state index is 0.00696. The summed E-state index contributed by atoms with van der Waals surface area (Å²) in [6, 6.07) is 11.2. The van der Waals surface area contributed by atoms with Crippen molar-refractivity contribution in [3.8, 4) is 0 Å². The number of esters is 1. The van der Waals surface area contributed by atoms with Gasteiger partial charge in [-0.05, 0) is 44.0 Å². The molecule has 0 saturated carbocycles. The molecule has 0 atom stereocenters. The quantitative estimate of drug-likeness (QED) is 0.813. The lowest BCUT2D eigenvalue weighted by molar-refractivity contribution is -0.121.